The smallest absolute Gasteiger partial charge is 0.171 e. The molecule has 0 aromatic heterocycles. The van der Waals surface area contributed by atoms with Crippen molar-refractivity contribution in [2.45, 2.75) is 25.8 Å². The molecule has 0 unspecified atom stereocenters. The Hall–Kier alpha value is -1.26. The van der Waals surface area contributed by atoms with Gasteiger partial charge in [-0.3, -0.25) is 0 Å². The number of benzene rings is 1. The van der Waals surface area contributed by atoms with Crippen LogP contribution in [-0.4, -0.2) is 11.2 Å². The summed E-state index contributed by atoms with van der Waals surface area (Å²) in [6.45, 7) is 5.47. The van der Waals surface area contributed by atoms with Gasteiger partial charge in [0.05, 0.1) is 16.5 Å². The number of anilines is 1. The molecule has 1 saturated carbocycles. The number of hydrogen-bond acceptors (Lipinski definition) is 2. The van der Waals surface area contributed by atoms with Crippen molar-refractivity contribution in [2.24, 2.45) is 0 Å². The Morgan fingerprint density at radius 2 is 2.22 bits per heavy atom. The van der Waals surface area contributed by atoms with Crippen LogP contribution >= 0.6 is 23.8 Å². The zero-order valence-corrected chi connectivity index (χ0v) is 11.7. The van der Waals surface area contributed by atoms with Crippen LogP contribution in [0.2, 0.25) is 5.02 Å². The summed E-state index contributed by atoms with van der Waals surface area (Å²) in [4.78, 5) is 0. The maximum Gasteiger partial charge on any atom is 0.171 e. The maximum atomic E-state index is 6.15. The highest BCUT2D eigenvalue weighted by molar-refractivity contribution is 7.80. The first kappa shape index (κ1) is 13.2. The van der Waals surface area contributed by atoms with Crippen molar-refractivity contribution in [2.75, 3.05) is 5.32 Å². The Labute approximate surface area is 117 Å². The topological polar surface area (TPSA) is 33.3 Å². The standard InChI is InChI=1S/C13H15ClN2OS/c1-8(2)17-10-5-6-12(11(14)7-10)16-13(18)15-9-3-4-9/h5-7,9H,1,3-4H2,2H3,(H2,15,16,18). The van der Waals surface area contributed by atoms with Crippen LogP contribution in [0.4, 0.5) is 5.69 Å². The quantitative estimate of drug-likeness (QED) is 0.652. The van der Waals surface area contributed by atoms with E-state index in [0.29, 0.717) is 27.7 Å². The van der Waals surface area contributed by atoms with Crippen LogP contribution in [0, 0.1) is 0 Å². The molecule has 1 aromatic carbocycles. The van der Waals surface area contributed by atoms with E-state index in [1.54, 1.807) is 13.0 Å². The molecule has 0 bridgehead atoms. The lowest BCUT2D eigenvalue weighted by Crippen LogP contribution is -2.30. The Kier molecular flexibility index (Phi) is 4.09. The molecule has 0 aliphatic heterocycles. The van der Waals surface area contributed by atoms with Crippen molar-refractivity contribution in [3.05, 3.63) is 35.6 Å². The first-order valence-corrected chi connectivity index (χ1v) is 6.53. The zero-order chi connectivity index (χ0) is 13.1. The summed E-state index contributed by atoms with van der Waals surface area (Å²) in [6.07, 6.45) is 2.36. The van der Waals surface area contributed by atoms with Crippen molar-refractivity contribution in [3.63, 3.8) is 0 Å². The van der Waals surface area contributed by atoms with Gasteiger partial charge in [0, 0.05) is 12.1 Å². The molecule has 1 aliphatic rings. The monoisotopic (exact) mass is 282 g/mol. The Balaban J connectivity index is 1.99. The minimum atomic E-state index is 0.523. The van der Waals surface area contributed by atoms with Gasteiger partial charge in [-0.2, -0.15) is 0 Å². The fraction of sp³-hybridized carbons (Fsp3) is 0.308. The van der Waals surface area contributed by atoms with Crippen molar-refractivity contribution in [1.29, 1.82) is 0 Å². The number of hydrogen-bond donors (Lipinski definition) is 2. The lowest BCUT2D eigenvalue weighted by molar-refractivity contribution is 0.430. The van der Waals surface area contributed by atoms with E-state index in [9.17, 15) is 0 Å². The molecule has 2 rings (SSSR count). The summed E-state index contributed by atoms with van der Waals surface area (Å²) in [5.41, 5.74) is 0.767. The van der Waals surface area contributed by atoms with Gasteiger partial charge in [0.15, 0.2) is 5.11 Å². The lowest BCUT2D eigenvalue weighted by atomic mass is 10.3. The predicted molar refractivity (Wildman–Crippen MR) is 79.3 cm³/mol. The van der Waals surface area contributed by atoms with Crippen LogP contribution < -0.4 is 15.4 Å². The molecule has 18 heavy (non-hydrogen) atoms. The first-order chi connectivity index (χ1) is 8.54. The zero-order valence-electron chi connectivity index (χ0n) is 10.1. The normalized spacial score (nSPS) is 13.9. The summed E-state index contributed by atoms with van der Waals surface area (Å²) in [5, 5.41) is 7.43. The fourth-order valence-corrected chi connectivity index (χ4v) is 1.93. The fourth-order valence-electron chi connectivity index (χ4n) is 1.43. The van der Waals surface area contributed by atoms with Gasteiger partial charge in [-0.25, -0.2) is 0 Å². The predicted octanol–water partition coefficient (Wildman–Crippen LogP) is 3.70. The number of rotatable bonds is 4. The molecular weight excluding hydrogens is 268 g/mol. The molecule has 2 N–H and O–H groups in total. The van der Waals surface area contributed by atoms with Crippen LogP contribution in [-0.2, 0) is 0 Å². The molecule has 0 saturated heterocycles. The van der Waals surface area contributed by atoms with E-state index in [0.717, 1.165) is 5.69 Å². The van der Waals surface area contributed by atoms with E-state index < -0.39 is 0 Å². The molecule has 1 fully saturated rings. The van der Waals surface area contributed by atoms with Gasteiger partial charge in [0.25, 0.3) is 0 Å². The second-order valence-electron chi connectivity index (χ2n) is 4.32. The Bertz CT molecular complexity index is 486. The van der Waals surface area contributed by atoms with Crippen LogP contribution in [0.15, 0.2) is 30.5 Å². The number of ether oxygens (including phenoxy) is 1. The van der Waals surface area contributed by atoms with Gasteiger partial charge in [-0.1, -0.05) is 18.2 Å². The van der Waals surface area contributed by atoms with Gasteiger partial charge in [-0.05, 0) is 44.1 Å². The summed E-state index contributed by atoms with van der Waals surface area (Å²) in [5.74, 6) is 1.29. The second kappa shape index (κ2) is 5.59. The molecule has 0 amide bonds. The number of nitrogens with one attached hydrogen (secondary N) is 2. The highest BCUT2D eigenvalue weighted by Crippen LogP contribution is 2.28. The molecule has 5 heteroatoms. The molecule has 0 atom stereocenters. The van der Waals surface area contributed by atoms with E-state index in [2.05, 4.69) is 17.2 Å². The Morgan fingerprint density at radius 3 is 2.78 bits per heavy atom. The van der Waals surface area contributed by atoms with Crippen molar-refractivity contribution in [1.82, 2.24) is 5.32 Å². The summed E-state index contributed by atoms with van der Waals surface area (Å²) < 4.78 is 5.37. The third-order valence-electron chi connectivity index (χ3n) is 2.39. The highest BCUT2D eigenvalue weighted by atomic mass is 35.5. The van der Waals surface area contributed by atoms with Crippen molar-refractivity contribution < 1.29 is 4.74 Å². The van der Waals surface area contributed by atoms with Crippen molar-refractivity contribution >= 4 is 34.6 Å². The molecule has 3 nitrogen and oxygen atoms in total. The average Bonchev–Trinajstić information content (AvgIpc) is 3.05. The second-order valence-corrected chi connectivity index (χ2v) is 5.13. The average molecular weight is 283 g/mol. The van der Waals surface area contributed by atoms with Gasteiger partial charge >= 0.3 is 0 Å². The molecule has 1 aromatic rings. The van der Waals surface area contributed by atoms with Crippen LogP contribution in [0.25, 0.3) is 0 Å². The number of halogens is 1. The molecule has 0 radical (unpaired) electrons. The third kappa shape index (κ3) is 3.89. The minimum absolute atomic E-state index is 0.523. The minimum Gasteiger partial charge on any atom is -0.463 e. The van der Waals surface area contributed by atoms with E-state index in [1.807, 2.05) is 12.1 Å². The molecule has 0 heterocycles. The van der Waals surface area contributed by atoms with E-state index in [-0.39, 0.29) is 0 Å². The Morgan fingerprint density at radius 1 is 1.50 bits per heavy atom. The first-order valence-electron chi connectivity index (χ1n) is 5.75. The van der Waals surface area contributed by atoms with Crippen LogP contribution in [0.3, 0.4) is 0 Å². The van der Waals surface area contributed by atoms with Gasteiger partial charge in [0.2, 0.25) is 0 Å². The largest absolute Gasteiger partial charge is 0.463 e. The third-order valence-corrected chi connectivity index (χ3v) is 2.93. The van der Waals surface area contributed by atoms with E-state index in [4.69, 9.17) is 28.6 Å². The summed E-state index contributed by atoms with van der Waals surface area (Å²) in [6, 6.07) is 5.91. The lowest BCUT2D eigenvalue weighted by Gasteiger charge is -2.12. The van der Waals surface area contributed by atoms with Crippen molar-refractivity contribution in [3.8, 4) is 5.75 Å². The van der Waals surface area contributed by atoms with Gasteiger partial charge in [-0.15, -0.1) is 0 Å². The summed E-state index contributed by atoms with van der Waals surface area (Å²) >= 11 is 11.3. The van der Waals surface area contributed by atoms with E-state index >= 15 is 0 Å². The molecule has 0 spiro atoms. The van der Waals surface area contributed by atoms with Gasteiger partial charge in [0.1, 0.15) is 5.75 Å². The van der Waals surface area contributed by atoms with E-state index in [1.165, 1.54) is 12.8 Å². The number of allylic oxidation sites excluding steroid dienone is 1. The van der Waals surface area contributed by atoms with Crippen LogP contribution in [0.1, 0.15) is 19.8 Å². The van der Waals surface area contributed by atoms with Gasteiger partial charge < -0.3 is 15.4 Å². The molecular formula is C13H15ClN2OS. The maximum absolute atomic E-state index is 6.15. The molecule has 96 valence electrons. The SMILES string of the molecule is C=C(C)Oc1ccc(NC(=S)NC2CC2)c(Cl)c1. The highest BCUT2D eigenvalue weighted by Gasteiger charge is 2.21. The molecule has 1 aliphatic carbocycles. The summed E-state index contributed by atoms with van der Waals surface area (Å²) in [7, 11) is 0. The van der Waals surface area contributed by atoms with Crippen LogP contribution in [0.5, 0.6) is 5.75 Å². The number of thiocarbonyl (C=S) groups is 1.